The maximum atomic E-state index is 12.6. The van der Waals surface area contributed by atoms with Crippen LogP contribution in [-0.4, -0.2) is 30.8 Å². The molecule has 0 saturated heterocycles. The van der Waals surface area contributed by atoms with Crippen LogP contribution in [0.3, 0.4) is 0 Å². The first-order valence-corrected chi connectivity index (χ1v) is 6.39. The second-order valence-electron chi connectivity index (χ2n) is 4.99. The molecule has 1 aliphatic carbocycles. The summed E-state index contributed by atoms with van der Waals surface area (Å²) in [5.74, 6) is 0.133. The van der Waals surface area contributed by atoms with Gasteiger partial charge in [-0.05, 0) is 37.1 Å². The Morgan fingerprint density at radius 3 is 2.63 bits per heavy atom. The zero-order valence-electron chi connectivity index (χ0n) is 10.7. The van der Waals surface area contributed by atoms with E-state index in [0.717, 1.165) is 12.8 Å². The molecule has 0 spiro atoms. The van der Waals surface area contributed by atoms with E-state index in [9.17, 15) is 9.18 Å². The summed E-state index contributed by atoms with van der Waals surface area (Å²) in [4.78, 5) is 11.5. The molecule has 0 aromatic heterocycles. The SMILES string of the molecule is O=C(CCOc1ccc(F)cc1)NCC1(CO)CC1. The largest absolute Gasteiger partial charge is 0.493 e. The molecule has 1 aromatic carbocycles. The highest BCUT2D eigenvalue weighted by atomic mass is 19.1. The number of benzene rings is 1. The van der Waals surface area contributed by atoms with Gasteiger partial charge in [-0.15, -0.1) is 0 Å². The quantitative estimate of drug-likeness (QED) is 0.786. The van der Waals surface area contributed by atoms with E-state index in [1.807, 2.05) is 0 Å². The van der Waals surface area contributed by atoms with Crippen molar-refractivity contribution in [2.75, 3.05) is 19.8 Å². The third-order valence-corrected chi connectivity index (χ3v) is 3.36. The van der Waals surface area contributed by atoms with Gasteiger partial charge in [-0.2, -0.15) is 0 Å². The summed E-state index contributed by atoms with van der Waals surface area (Å²) in [6, 6.07) is 5.68. The number of carbonyl (C=O) groups excluding carboxylic acids is 1. The summed E-state index contributed by atoms with van der Waals surface area (Å²) in [5, 5.41) is 11.9. The van der Waals surface area contributed by atoms with Crippen molar-refractivity contribution < 1.29 is 19.0 Å². The second-order valence-corrected chi connectivity index (χ2v) is 4.99. The molecular weight excluding hydrogens is 249 g/mol. The van der Waals surface area contributed by atoms with E-state index in [2.05, 4.69) is 5.32 Å². The summed E-state index contributed by atoms with van der Waals surface area (Å²) in [6.45, 7) is 0.905. The molecular formula is C14H18FNO3. The molecule has 0 atom stereocenters. The van der Waals surface area contributed by atoms with Crippen molar-refractivity contribution in [1.82, 2.24) is 5.32 Å². The number of aliphatic hydroxyl groups excluding tert-OH is 1. The van der Waals surface area contributed by atoms with Gasteiger partial charge in [0.1, 0.15) is 11.6 Å². The van der Waals surface area contributed by atoms with Crippen LogP contribution >= 0.6 is 0 Å². The van der Waals surface area contributed by atoms with Crippen molar-refractivity contribution in [2.45, 2.75) is 19.3 Å². The molecule has 0 heterocycles. The zero-order valence-corrected chi connectivity index (χ0v) is 10.7. The van der Waals surface area contributed by atoms with Crippen LogP contribution in [0.4, 0.5) is 4.39 Å². The fraction of sp³-hybridized carbons (Fsp3) is 0.500. The van der Waals surface area contributed by atoms with Crippen molar-refractivity contribution >= 4 is 5.91 Å². The van der Waals surface area contributed by atoms with E-state index in [4.69, 9.17) is 9.84 Å². The molecule has 104 valence electrons. The molecule has 5 heteroatoms. The van der Waals surface area contributed by atoms with Gasteiger partial charge in [0.2, 0.25) is 5.91 Å². The van der Waals surface area contributed by atoms with Gasteiger partial charge < -0.3 is 15.2 Å². The summed E-state index contributed by atoms with van der Waals surface area (Å²) in [6.07, 6.45) is 2.19. The van der Waals surface area contributed by atoms with Crippen molar-refractivity contribution in [3.05, 3.63) is 30.1 Å². The fourth-order valence-corrected chi connectivity index (χ4v) is 1.73. The van der Waals surface area contributed by atoms with Crippen LogP contribution in [0, 0.1) is 11.2 Å². The Morgan fingerprint density at radius 2 is 2.05 bits per heavy atom. The number of rotatable bonds is 7. The second kappa shape index (κ2) is 6.02. The van der Waals surface area contributed by atoms with E-state index in [0.29, 0.717) is 12.3 Å². The van der Waals surface area contributed by atoms with Gasteiger partial charge in [0.15, 0.2) is 0 Å². The Morgan fingerprint density at radius 1 is 1.37 bits per heavy atom. The third kappa shape index (κ3) is 4.21. The van der Waals surface area contributed by atoms with Crippen LogP contribution in [0.2, 0.25) is 0 Å². The van der Waals surface area contributed by atoms with Crippen molar-refractivity contribution in [3.8, 4) is 5.75 Å². The molecule has 0 bridgehead atoms. The standard InChI is InChI=1S/C14H18FNO3/c15-11-1-3-12(4-2-11)19-8-5-13(18)16-9-14(10-17)6-7-14/h1-4,17H,5-10H2,(H,16,18). The van der Waals surface area contributed by atoms with Gasteiger partial charge in [-0.3, -0.25) is 4.79 Å². The van der Waals surface area contributed by atoms with Crippen LogP contribution in [0.15, 0.2) is 24.3 Å². The summed E-state index contributed by atoms with van der Waals surface area (Å²) in [5.41, 5.74) is -0.0759. The highest BCUT2D eigenvalue weighted by Crippen LogP contribution is 2.44. The first kappa shape index (κ1) is 13.8. The topological polar surface area (TPSA) is 58.6 Å². The summed E-state index contributed by atoms with van der Waals surface area (Å²) >= 11 is 0. The molecule has 1 saturated carbocycles. The van der Waals surface area contributed by atoms with Gasteiger partial charge in [0.05, 0.1) is 19.6 Å². The lowest BCUT2D eigenvalue weighted by Crippen LogP contribution is -2.32. The maximum Gasteiger partial charge on any atom is 0.223 e. The predicted octanol–water partition coefficient (Wildman–Crippen LogP) is 1.48. The first-order chi connectivity index (χ1) is 9.13. The van der Waals surface area contributed by atoms with E-state index < -0.39 is 0 Å². The number of hydrogen-bond acceptors (Lipinski definition) is 3. The van der Waals surface area contributed by atoms with Gasteiger partial charge >= 0.3 is 0 Å². The normalized spacial score (nSPS) is 15.9. The Hall–Kier alpha value is -1.62. The van der Waals surface area contributed by atoms with Gasteiger partial charge in [0.25, 0.3) is 0 Å². The molecule has 1 aliphatic rings. The lowest BCUT2D eigenvalue weighted by atomic mass is 10.1. The zero-order chi connectivity index (χ0) is 13.7. The van der Waals surface area contributed by atoms with E-state index in [-0.39, 0.29) is 36.8 Å². The number of amides is 1. The average Bonchev–Trinajstić information content (AvgIpc) is 3.19. The molecule has 0 radical (unpaired) electrons. The van der Waals surface area contributed by atoms with Gasteiger partial charge in [0, 0.05) is 12.0 Å². The Labute approximate surface area is 111 Å². The molecule has 4 nitrogen and oxygen atoms in total. The minimum Gasteiger partial charge on any atom is -0.493 e. The van der Waals surface area contributed by atoms with E-state index >= 15 is 0 Å². The van der Waals surface area contributed by atoms with Crippen molar-refractivity contribution in [1.29, 1.82) is 0 Å². The van der Waals surface area contributed by atoms with Crippen molar-refractivity contribution in [3.63, 3.8) is 0 Å². The Bertz CT molecular complexity index is 429. The highest BCUT2D eigenvalue weighted by Gasteiger charge is 2.41. The number of carbonyl (C=O) groups is 1. The number of aliphatic hydroxyl groups is 1. The van der Waals surface area contributed by atoms with Crippen LogP contribution in [0.1, 0.15) is 19.3 Å². The van der Waals surface area contributed by atoms with Crippen LogP contribution in [-0.2, 0) is 4.79 Å². The number of halogens is 1. The van der Waals surface area contributed by atoms with Crippen molar-refractivity contribution in [2.24, 2.45) is 5.41 Å². The maximum absolute atomic E-state index is 12.6. The van der Waals surface area contributed by atoms with Crippen LogP contribution < -0.4 is 10.1 Å². The Kier molecular flexibility index (Phi) is 4.37. The van der Waals surface area contributed by atoms with Crippen LogP contribution in [0.5, 0.6) is 5.75 Å². The summed E-state index contributed by atoms with van der Waals surface area (Å²) in [7, 11) is 0. The van der Waals surface area contributed by atoms with Gasteiger partial charge in [-0.1, -0.05) is 0 Å². The predicted molar refractivity (Wildman–Crippen MR) is 68.3 cm³/mol. The monoisotopic (exact) mass is 267 g/mol. The average molecular weight is 267 g/mol. The molecule has 19 heavy (non-hydrogen) atoms. The number of nitrogens with one attached hydrogen (secondary N) is 1. The third-order valence-electron chi connectivity index (χ3n) is 3.36. The lowest BCUT2D eigenvalue weighted by Gasteiger charge is -2.12. The Balaban J connectivity index is 1.62. The molecule has 1 amide bonds. The molecule has 2 N–H and O–H groups in total. The smallest absolute Gasteiger partial charge is 0.223 e. The van der Waals surface area contributed by atoms with E-state index in [1.54, 1.807) is 0 Å². The number of hydrogen-bond donors (Lipinski definition) is 2. The first-order valence-electron chi connectivity index (χ1n) is 6.39. The molecule has 0 aliphatic heterocycles. The molecule has 2 rings (SSSR count). The van der Waals surface area contributed by atoms with E-state index in [1.165, 1.54) is 24.3 Å². The van der Waals surface area contributed by atoms with Crippen LogP contribution in [0.25, 0.3) is 0 Å². The minimum absolute atomic E-state index is 0.0759. The summed E-state index contributed by atoms with van der Waals surface area (Å²) < 4.78 is 18.0. The number of ether oxygens (including phenoxy) is 1. The highest BCUT2D eigenvalue weighted by molar-refractivity contribution is 5.76. The fourth-order valence-electron chi connectivity index (χ4n) is 1.73. The molecule has 0 unspecified atom stereocenters. The molecule has 1 fully saturated rings. The van der Waals surface area contributed by atoms with Gasteiger partial charge in [-0.25, -0.2) is 4.39 Å². The minimum atomic E-state index is -0.316. The lowest BCUT2D eigenvalue weighted by molar-refractivity contribution is -0.121. The molecule has 1 aromatic rings.